The maximum Gasteiger partial charge on any atom is 0.253 e. The third kappa shape index (κ3) is 3.42. The van der Waals surface area contributed by atoms with Crippen LogP contribution in [0.15, 0.2) is 24.7 Å². The number of hydrogen-bond acceptors (Lipinski definition) is 5. The Hall–Kier alpha value is -2.21. The molecule has 2 N–H and O–H groups in total. The molecule has 0 atom stereocenters. The van der Waals surface area contributed by atoms with Gasteiger partial charge in [0.1, 0.15) is 5.82 Å². The average Bonchev–Trinajstić information content (AvgIpc) is 2.47. The Morgan fingerprint density at radius 3 is 2.70 bits per heavy atom. The Balaban J connectivity index is 2.06. The predicted octanol–water partition coefficient (Wildman–Crippen LogP) is 1.81. The maximum absolute atomic E-state index is 12.1. The van der Waals surface area contributed by atoms with Crippen molar-refractivity contribution in [2.75, 3.05) is 12.4 Å². The molecule has 0 aromatic carbocycles. The lowest BCUT2D eigenvalue weighted by atomic mass is 10.2. The summed E-state index contributed by atoms with van der Waals surface area (Å²) in [4.78, 5) is 24.4. The van der Waals surface area contributed by atoms with E-state index in [2.05, 4.69) is 25.6 Å². The summed E-state index contributed by atoms with van der Waals surface area (Å²) in [6, 6.07) is 1.60. The van der Waals surface area contributed by atoms with Gasteiger partial charge >= 0.3 is 0 Å². The van der Waals surface area contributed by atoms with Crippen LogP contribution in [0.2, 0.25) is 5.02 Å². The van der Waals surface area contributed by atoms with Crippen LogP contribution in [0.1, 0.15) is 21.7 Å². The van der Waals surface area contributed by atoms with Crippen LogP contribution in [0.3, 0.4) is 0 Å². The molecule has 7 heteroatoms. The van der Waals surface area contributed by atoms with E-state index in [0.29, 0.717) is 28.6 Å². The highest BCUT2D eigenvalue weighted by Crippen LogP contribution is 2.17. The number of hydrogen-bond donors (Lipinski definition) is 2. The number of aromatic nitrogens is 3. The summed E-state index contributed by atoms with van der Waals surface area (Å²) in [5.41, 5.74) is 1.88. The van der Waals surface area contributed by atoms with Crippen LogP contribution in [-0.4, -0.2) is 27.9 Å². The molecule has 0 radical (unpaired) electrons. The molecule has 0 aliphatic carbocycles. The number of pyridine rings is 1. The molecule has 0 saturated heterocycles. The van der Waals surface area contributed by atoms with Crippen LogP contribution in [-0.2, 0) is 6.54 Å². The zero-order valence-corrected chi connectivity index (χ0v) is 11.9. The molecule has 2 aromatic rings. The highest BCUT2D eigenvalue weighted by molar-refractivity contribution is 6.33. The molecule has 0 spiro atoms. The second kappa shape index (κ2) is 6.29. The highest BCUT2D eigenvalue weighted by Gasteiger charge is 2.11. The second-order valence-electron chi connectivity index (χ2n) is 4.13. The van der Waals surface area contributed by atoms with Gasteiger partial charge in [0.25, 0.3) is 5.91 Å². The maximum atomic E-state index is 12.1. The van der Waals surface area contributed by atoms with Crippen molar-refractivity contribution in [2.24, 2.45) is 0 Å². The van der Waals surface area contributed by atoms with E-state index in [0.717, 1.165) is 5.69 Å². The summed E-state index contributed by atoms with van der Waals surface area (Å²) in [7, 11) is 1.72. The molecule has 1 amide bonds. The molecule has 0 unspecified atom stereocenters. The fraction of sp³-hybridized carbons (Fsp3) is 0.231. The van der Waals surface area contributed by atoms with Crippen molar-refractivity contribution in [3.8, 4) is 0 Å². The number of aryl methyl sites for hydroxylation is 1. The van der Waals surface area contributed by atoms with Gasteiger partial charge in [0.2, 0.25) is 0 Å². The quantitative estimate of drug-likeness (QED) is 0.898. The molecular formula is C13H14ClN5O. The molecule has 0 aliphatic rings. The molecule has 0 saturated carbocycles. The minimum Gasteiger partial charge on any atom is -0.373 e. The van der Waals surface area contributed by atoms with Gasteiger partial charge in [-0.25, -0.2) is 4.98 Å². The van der Waals surface area contributed by atoms with Crippen LogP contribution >= 0.6 is 11.6 Å². The third-order valence-corrected chi connectivity index (χ3v) is 2.92. The number of anilines is 1. The molecule has 104 valence electrons. The summed E-state index contributed by atoms with van der Waals surface area (Å²) in [5.74, 6) is 0.297. The van der Waals surface area contributed by atoms with Crippen LogP contribution in [0.25, 0.3) is 0 Å². The molecule has 0 bridgehead atoms. The van der Waals surface area contributed by atoms with Gasteiger partial charge in [0, 0.05) is 19.4 Å². The van der Waals surface area contributed by atoms with Crippen molar-refractivity contribution in [3.05, 3.63) is 46.6 Å². The standard InChI is InChI=1S/C13H14ClN5O/c1-8-4-17-9(5-16-8)6-19-13(20)10-3-12(15-2)18-7-11(10)14/h3-5,7H,6H2,1-2H3,(H,15,18)(H,19,20). The fourth-order valence-electron chi connectivity index (χ4n) is 1.53. The smallest absolute Gasteiger partial charge is 0.253 e. The van der Waals surface area contributed by atoms with Crippen molar-refractivity contribution in [3.63, 3.8) is 0 Å². The van der Waals surface area contributed by atoms with Gasteiger partial charge in [-0.15, -0.1) is 0 Å². The normalized spacial score (nSPS) is 10.2. The molecule has 20 heavy (non-hydrogen) atoms. The number of rotatable bonds is 4. The lowest BCUT2D eigenvalue weighted by molar-refractivity contribution is 0.0950. The summed E-state index contributed by atoms with van der Waals surface area (Å²) < 4.78 is 0. The Kier molecular flexibility index (Phi) is 4.47. The second-order valence-corrected chi connectivity index (χ2v) is 4.54. The van der Waals surface area contributed by atoms with Gasteiger partial charge < -0.3 is 10.6 Å². The number of carbonyl (C=O) groups excluding carboxylic acids is 1. The van der Waals surface area contributed by atoms with E-state index in [1.165, 1.54) is 6.20 Å². The third-order valence-electron chi connectivity index (χ3n) is 2.62. The van der Waals surface area contributed by atoms with Gasteiger partial charge in [-0.05, 0) is 13.0 Å². The summed E-state index contributed by atoms with van der Waals surface area (Å²) >= 11 is 5.97. The van der Waals surface area contributed by atoms with Crippen LogP contribution in [0.4, 0.5) is 5.82 Å². The highest BCUT2D eigenvalue weighted by atomic mass is 35.5. The van der Waals surface area contributed by atoms with Crippen molar-refractivity contribution in [1.29, 1.82) is 0 Å². The van der Waals surface area contributed by atoms with Crippen LogP contribution in [0.5, 0.6) is 0 Å². The van der Waals surface area contributed by atoms with Gasteiger partial charge in [-0.3, -0.25) is 14.8 Å². The number of halogens is 1. The summed E-state index contributed by atoms with van der Waals surface area (Å²) in [6.45, 7) is 2.14. The Morgan fingerprint density at radius 1 is 1.25 bits per heavy atom. The van der Waals surface area contributed by atoms with Crippen molar-refractivity contribution in [2.45, 2.75) is 13.5 Å². The lowest BCUT2D eigenvalue weighted by Crippen LogP contribution is -2.24. The number of nitrogens with zero attached hydrogens (tertiary/aromatic N) is 3. The van der Waals surface area contributed by atoms with E-state index < -0.39 is 0 Å². The van der Waals surface area contributed by atoms with E-state index in [4.69, 9.17) is 11.6 Å². The topological polar surface area (TPSA) is 79.8 Å². The van der Waals surface area contributed by atoms with Gasteiger partial charge in [-0.2, -0.15) is 0 Å². The van der Waals surface area contributed by atoms with E-state index in [1.54, 1.807) is 25.5 Å². The zero-order valence-electron chi connectivity index (χ0n) is 11.1. The first-order valence-corrected chi connectivity index (χ1v) is 6.37. The van der Waals surface area contributed by atoms with E-state index in [1.807, 2.05) is 6.92 Å². The van der Waals surface area contributed by atoms with E-state index in [9.17, 15) is 4.79 Å². The minimum absolute atomic E-state index is 0.281. The van der Waals surface area contributed by atoms with Crippen LogP contribution in [0, 0.1) is 6.92 Å². The van der Waals surface area contributed by atoms with Gasteiger partial charge in [0.05, 0.1) is 34.7 Å². The Morgan fingerprint density at radius 2 is 2.05 bits per heavy atom. The summed E-state index contributed by atoms with van der Waals surface area (Å²) in [5, 5.41) is 5.91. The average molecular weight is 292 g/mol. The molecular weight excluding hydrogens is 278 g/mol. The van der Waals surface area contributed by atoms with Gasteiger partial charge in [-0.1, -0.05) is 11.6 Å². The first-order valence-electron chi connectivity index (χ1n) is 5.99. The number of carbonyl (C=O) groups is 1. The minimum atomic E-state index is -0.281. The molecule has 6 nitrogen and oxygen atoms in total. The van der Waals surface area contributed by atoms with Crippen LogP contribution < -0.4 is 10.6 Å². The SMILES string of the molecule is CNc1cc(C(=O)NCc2cnc(C)cn2)c(Cl)cn1. The van der Waals surface area contributed by atoms with E-state index >= 15 is 0 Å². The van der Waals surface area contributed by atoms with E-state index in [-0.39, 0.29) is 5.91 Å². The summed E-state index contributed by atoms with van der Waals surface area (Å²) in [6.07, 6.45) is 4.72. The first-order chi connectivity index (χ1) is 9.60. The lowest BCUT2D eigenvalue weighted by Gasteiger charge is -2.08. The number of amides is 1. The van der Waals surface area contributed by atoms with Crippen molar-refractivity contribution in [1.82, 2.24) is 20.3 Å². The Labute approximate surface area is 121 Å². The predicted molar refractivity (Wildman–Crippen MR) is 76.7 cm³/mol. The van der Waals surface area contributed by atoms with Crippen molar-refractivity contribution < 1.29 is 4.79 Å². The molecule has 0 aliphatic heterocycles. The Bertz CT molecular complexity index is 615. The van der Waals surface area contributed by atoms with Crippen molar-refractivity contribution >= 4 is 23.3 Å². The monoisotopic (exact) mass is 291 g/mol. The van der Waals surface area contributed by atoms with Gasteiger partial charge in [0.15, 0.2) is 0 Å². The molecule has 2 heterocycles. The first kappa shape index (κ1) is 14.2. The largest absolute Gasteiger partial charge is 0.373 e. The molecule has 2 aromatic heterocycles. The fourth-order valence-corrected chi connectivity index (χ4v) is 1.72. The number of nitrogens with one attached hydrogen (secondary N) is 2. The molecule has 2 rings (SSSR count). The zero-order chi connectivity index (χ0) is 14.5. The molecule has 0 fully saturated rings.